The fourth-order valence-corrected chi connectivity index (χ4v) is 4.26. The minimum Gasteiger partial charge on any atom is -0.394 e. The van der Waals surface area contributed by atoms with Crippen LogP contribution in [0.25, 0.3) is 0 Å². The lowest BCUT2D eigenvalue weighted by Gasteiger charge is -2.32. The summed E-state index contributed by atoms with van der Waals surface area (Å²) in [6.45, 7) is -0.239. The van der Waals surface area contributed by atoms with Crippen LogP contribution in [0, 0.1) is 0 Å². The molecule has 0 bridgehead atoms. The molecule has 0 saturated carbocycles. The zero-order valence-electron chi connectivity index (χ0n) is 13.6. The lowest BCUT2D eigenvalue weighted by molar-refractivity contribution is -0.0688. The van der Waals surface area contributed by atoms with Gasteiger partial charge in [-0.05, 0) is 17.0 Å². The standard InChI is InChI=1S/C15H18ClN5O4S/c16-9-1-7(4-26-9)2-15(17)12-13(18-5-20-15)21(6-19-12)14-11(24)10(23)8(3-22)25-14/h1,4-5,8,10-11,14,22-24H,2-3,6,17H2/t8-,10-,11-,14-,15?/m1/s1. The molecule has 26 heavy (non-hydrogen) atoms. The summed E-state index contributed by atoms with van der Waals surface area (Å²) in [7, 11) is 0. The molecule has 9 nitrogen and oxygen atoms in total. The molecule has 3 aliphatic heterocycles. The highest BCUT2D eigenvalue weighted by Gasteiger charge is 2.50. The molecule has 11 heteroatoms. The van der Waals surface area contributed by atoms with Gasteiger partial charge in [0.25, 0.3) is 0 Å². The van der Waals surface area contributed by atoms with Gasteiger partial charge in [0, 0.05) is 6.42 Å². The molecular weight excluding hydrogens is 382 g/mol. The monoisotopic (exact) mass is 399 g/mol. The van der Waals surface area contributed by atoms with Crippen molar-refractivity contribution in [2.45, 2.75) is 36.6 Å². The van der Waals surface area contributed by atoms with Crippen LogP contribution in [-0.2, 0) is 11.2 Å². The molecule has 1 fully saturated rings. The average molecular weight is 400 g/mol. The Morgan fingerprint density at radius 2 is 2.23 bits per heavy atom. The first-order chi connectivity index (χ1) is 12.4. The van der Waals surface area contributed by atoms with Crippen molar-refractivity contribution in [1.82, 2.24) is 4.90 Å². The molecule has 1 saturated heterocycles. The number of amidine groups is 1. The molecule has 0 radical (unpaired) electrons. The maximum absolute atomic E-state index is 10.3. The number of aliphatic hydroxyl groups excluding tert-OH is 3. The first-order valence-electron chi connectivity index (χ1n) is 8.00. The zero-order chi connectivity index (χ0) is 18.5. The highest BCUT2D eigenvalue weighted by molar-refractivity contribution is 7.14. The van der Waals surface area contributed by atoms with Gasteiger partial charge in [0.05, 0.1) is 10.9 Å². The number of aliphatic hydroxyl groups is 3. The summed E-state index contributed by atoms with van der Waals surface area (Å²) in [6, 6.07) is 1.83. The van der Waals surface area contributed by atoms with E-state index in [1.54, 1.807) is 4.90 Å². The van der Waals surface area contributed by atoms with Gasteiger partial charge in [0.15, 0.2) is 17.7 Å². The maximum Gasteiger partial charge on any atom is 0.162 e. The normalized spacial score (nSPS) is 36.3. The van der Waals surface area contributed by atoms with Gasteiger partial charge >= 0.3 is 0 Å². The van der Waals surface area contributed by atoms with E-state index in [0.717, 1.165) is 5.56 Å². The Hall–Kier alpha value is -1.40. The summed E-state index contributed by atoms with van der Waals surface area (Å²) in [5, 5.41) is 31.4. The van der Waals surface area contributed by atoms with Crippen molar-refractivity contribution in [3.63, 3.8) is 0 Å². The summed E-state index contributed by atoms with van der Waals surface area (Å²) in [4.78, 5) is 14.6. The lowest BCUT2D eigenvalue weighted by atomic mass is 9.96. The van der Waals surface area contributed by atoms with Crippen LogP contribution < -0.4 is 5.73 Å². The molecule has 4 rings (SSSR count). The Bertz CT molecular complexity index is 799. The van der Waals surface area contributed by atoms with Gasteiger partial charge in [-0.25, -0.2) is 9.98 Å². The molecular formula is C15H18ClN5O4S. The third-order valence-corrected chi connectivity index (χ3v) is 5.80. The molecule has 0 spiro atoms. The SMILES string of the molecule is NC1(Cc2csc(Cl)c2)N=CN=C2C1=NCN2[C@@H]1O[C@H](CO)[C@@H](O)[C@H]1O. The maximum atomic E-state index is 10.3. The van der Waals surface area contributed by atoms with Crippen LogP contribution in [0.3, 0.4) is 0 Å². The number of rotatable bonds is 4. The Balaban J connectivity index is 1.57. The van der Waals surface area contributed by atoms with Gasteiger partial charge in [0.1, 0.15) is 37.0 Å². The molecule has 1 aromatic rings. The Morgan fingerprint density at radius 3 is 2.88 bits per heavy atom. The number of fused-ring (bicyclic) bond motifs is 1. The smallest absolute Gasteiger partial charge is 0.162 e. The molecule has 0 amide bonds. The van der Waals surface area contributed by atoms with E-state index in [-0.39, 0.29) is 6.67 Å². The third-order valence-electron chi connectivity index (χ3n) is 4.66. The Labute approximate surface area is 158 Å². The van der Waals surface area contributed by atoms with Gasteiger partial charge in [-0.1, -0.05) is 11.6 Å². The van der Waals surface area contributed by atoms with Crippen LogP contribution in [0.4, 0.5) is 0 Å². The van der Waals surface area contributed by atoms with E-state index in [1.165, 1.54) is 17.7 Å². The minimum atomic E-state index is -1.20. The molecule has 3 aliphatic rings. The summed E-state index contributed by atoms with van der Waals surface area (Å²) >= 11 is 7.40. The van der Waals surface area contributed by atoms with Crippen LogP contribution in [0.15, 0.2) is 26.4 Å². The number of thiophene rings is 1. The van der Waals surface area contributed by atoms with Gasteiger partial charge in [-0.15, -0.1) is 11.3 Å². The van der Waals surface area contributed by atoms with Crippen LogP contribution in [0.5, 0.6) is 0 Å². The second kappa shape index (κ2) is 6.64. The first kappa shape index (κ1) is 18.0. The Kier molecular flexibility index (Phi) is 4.59. The van der Waals surface area contributed by atoms with E-state index >= 15 is 0 Å². The van der Waals surface area contributed by atoms with E-state index in [1.807, 2.05) is 11.4 Å². The lowest BCUT2D eigenvalue weighted by Crippen LogP contribution is -2.56. The molecule has 5 N–H and O–H groups in total. The first-order valence-corrected chi connectivity index (χ1v) is 9.26. The second-order valence-electron chi connectivity index (χ2n) is 6.40. The quantitative estimate of drug-likeness (QED) is 0.523. The van der Waals surface area contributed by atoms with Crippen LogP contribution in [0.1, 0.15) is 5.56 Å². The van der Waals surface area contributed by atoms with Crippen molar-refractivity contribution in [3.8, 4) is 0 Å². The van der Waals surface area contributed by atoms with E-state index < -0.39 is 36.8 Å². The fraction of sp³-hybridized carbons (Fsp3) is 0.533. The highest BCUT2D eigenvalue weighted by Crippen LogP contribution is 2.31. The van der Waals surface area contributed by atoms with Crippen molar-refractivity contribution in [3.05, 3.63) is 21.3 Å². The van der Waals surface area contributed by atoms with Gasteiger partial charge < -0.3 is 30.7 Å². The van der Waals surface area contributed by atoms with Crippen molar-refractivity contribution in [2.24, 2.45) is 20.7 Å². The summed E-state index contributed by atoms with van der Waals surface area (Å²) in [5.41, 5.74) is 6.82. The highest BCUT2D eigenvalue weighted by atomic mass is 35.5. The van der Waals surface area contributed by atoms with E-state index in [4.69, 9.17) is 22.1 Å². The molecule has 140 valence electrons. The number of hydrogen-bond acceptors (Lipinski definition) is 10. The van der Waals surface area contributed by atoms with Crippen molar-refractivity contribution in [2.75, 3.05) is 13.3 Å². The summed E-state index contributed by atoms with van der Waals surface area (Å²) < 4.78 is 6.24. The molecule has 0 aromatic carbocycles. The average Bonchev–Trinajstić information content (AvgIpc) is 3.28. The fourth-order valence-electron chi connectivity index (χ4n) is 3.35. The molecule has 4 heterocycles. The van der Waals surface area contributed by atoms with Crippen molar-refractivity contribution >= 4 is 40.8 Å². The van der Waals surface area contributed by atoms with E-state index in [2.05, 4.69) is 15.0 Å². The van der Waals surface area contributed by atoms with Crippen LogP contribution in [-0.4, -0.2) is 81.6 Å². The predicted molar refractivity (Wildman–Crippen MR) is 97.8 cm³/mol. The van der Waals surface area contributed by atoms with Crippen LogP contribution in [0.2, 0.25) is 4.34 Å². The van der Waals surface area contributed by atoms with E-state index in [0.29, 0.717) is 22.3 Å². The summed E-state index contributed by atoms with van der Waals surface area (Å²) in [5.74, 6) is 0.443. The number of nitrogens with zero attached hydrogens (tertiary/aromatic N) is 4. The number of ether oxygens (including phenoxy) is 1. The molecule has 1 aromatic heterocycles. The minimum absolute atomic E-state index is 0.160. The number of halogens is 1. The largest absolute Gasteiger partial charge is 0.394 e. The Morgan fingerprint density at radius 1 is 1.42 bits per heavy atom. The van der Waals surface area contributed by atoms with Crippen LogP contribution >= 0.6 is 22.9 Å². The molecule has 0 aliphatic carbocycles. The summed E-state index contributed by atoms with van der Waals surface area (Å²) in [6.07, 6.45) is -2.38. The van der Waals surface area contributed by atoms with Crippen molar-refractivity contribution < 1.29 is 20.1 Å². The van der Waals surface area contributed by atoms with Gasteiger partial charge in [-0.2, -0.15) is 0 Å². The second-order valence-corrected chi connectivity index (χ2v) is 7.95. The number of hydrogen-bond donors (Lipinski definition) is 4. The topological polar surface area (TPSA) is 136 Å². The predicted octanol–water partition coefficient (Wildman–Crippen LogP) is -0.808. The number of nitrogens with two attached hydrogens (primary N) is 1. The third kappa shape index (κ3) is 2.87. The molecule has 1 unspecified atom stereocenters. The van der Waals surface area contributed by atoms with Gasteiger partial charge in [0.2, 0.25) is 0 Å². The molecule has 5 atom stereocenters. The number of aliphatic imine (C=N–C) groups is 3. The van der Waals surface area contributed by atoms with Crippen molar-refractivity contribution in [1.29, 1.82) is 0 Å². The van der Waals surface area contributed by atoms with E-state index in [9.17, 15) is 15.3 Å². The van der Waals surface area contributed by atoms with Gasteiger partial charge in [-0.3, -0.25) is 4.99 Å². The zero-order valence-corrected chi connectivity index (χ0v) is 15.1.